The number of hydrazine groups is 1. The van der Waals surface area contributed by atoms with Crippen molar-refractivity contribution in [3.63, 3.8) is 0 Å². The van der Waals surface area contributed by atoms with Crippen LogP contribution in [0.4, 0.5) is 5.69 Å². The van der Waals surface area contributed by atoms with E-state index in [4.69, 9.17) is 5.84 Å². The van der Waals surface area contributed by atoms with Crippen molar-refractivity contribution in [2.75, 3.05) is 0 Å². The number of hydrogen-bond acceptors (Lipinski definition) is 5. The molecule has 21 heavy (non-hydrogen) atoms. The fourth-order valence-corrected chi connectivity index (χ4v) is 2.74. The Labute approximate surface area is 125 Å². The lowest BCUT2D eigenvalue weighted by Gasteiger charge is -2.05. The highest BCUT2D eigenvalue weighted by Crippen LogP contribution is 2.31. The van der Waals surface area contributed by atoms with Crippen LogP contribution in [0, 0.1) is 10.1 Å². The molecule has 2 aromatic carbocycles. The molecule has 3 N–H and O–H groups in total. The third-order valence-corrected chi connectivity index (χ3v) is 3.91. The Morgan fingerprint density at radius 3 is 2.71 bits per heavy atom. The highest BCUT2D eigenvalue weighted by molar-refractivity contribution is 7.98. The standard InChI is InChI=1S/C14H13N3O3S/c15-16-14(18)11-5-3-4-10(8-11)9-21-13-7-2-1-6-12(13)17(19)20/h1-8H,9,15H2,(H,16,18). The van der Waals surface area contributed by atoms with Gasteiger partial charge in [0.05, 0.1) is 9.82 Å². The second kappa shape index (κ2) is 6.87. The number of nitrogens with one attached hydrogen (secondary N) is 1. The van der Waals surface area contributed by atoms with Crippen molar-refractivity contribution in [1.29, 1.82) is 0 Å². The highest BCUT2D eigenvalue weighted by atomic mass is 32.2. The molecule has 0 atom stereocenters. The maximum absolute atomic E-state index is 11.5. The number of benzene rings is 2. The average Bonchev–Trinajstić information content (AvgIpc) is 2.52. The van der Waals surface area contributed by atoms with Gasteiger partial charge in [0.1, 0.15) is 0 Å². The van der Waals surface area contributed by atoms with E-state index in [1.54, 1.807) is 36.4 Å². The number of thioether (sulfide) groups is 1. The monoisotopic (exact) mass is 303 g/mol. The summed E-state index contributed by atoms with van der Waals surface area (Å²) in [5, 5.41) is 10.9. The van der Waals surface area contributed by atoms with Crippen LogP contribution in [0.1, 0.15) is 15.9 Å². The number of nitro groups is 1. The molecule has 0 saturated heterocycles. The number of nitro benzene ring substituents is 1. The molecule has 6 nitrogen and oxygen atoms in total. The first-order valence-corrected chi connectivity index (χ1v) is 7.06. The van der Waals surface area contributed by atoms with Crippen LogP contribution >= 0.6 is 11.8 Å². The van der Waals surface area contributed by atoms with Crippen LogP contribution in [0.3, 0.4) is 0 Å². The largest absolute Gasteiger partial charge is 0.290 e. The van der Waals surface area contributed by atoms with Gasteiger partial charge in [0.25, 0.3) is 11.6 Å². The molecule has 0 saturated carbocycles. The summed E-state index contributed by atoms with van der Waals surface area (Å²) in [6.45, 7) is 0. The van der Waals surface area contributed by atoms with Crippen molar-refractivity contribution in [2.24, 2.45) is 5.84 Å². The molecule has 0 aromatic heterocycles. The molecule has 0 heterocycles. The summed E-state index contributed by atoms with van der Waals surface area (Å²) in [5.41, 5.74) is 3.50. The van der Waals surface area contributed by atoms with E-state index in [0.29, 0.717) is 16.2 Å². The molecule has 0 bridgehead atoms. The predicted molar refractivity (Wildman–Crippen MR) is 80.8 cm³/mol. The molecule has 2 rings (SSSR count). The Morgan fingerprint density at radius 1 is 1.24 bits per heavy atom. The second-order valence-electron chi connectivity index (χ2n) is 4.19. The lowest BCUT2D eigenvalue weighted by molar-refractivity contribution is -0.387. The number of hydrogen-bond donors (Lipinski definition) is 2. The zero-order chi connectivity index (χ0) is 15.2. The molecule has 0 radical (unpaired) electrons. The number of nitrogens with zero attached hydrogens (tertiary/aromatic N) is 1. The maximum atomic E-state index is 11.5. The summed E-state index contributed by atoms with van der Waals surface area (Å²) in [4.78, 5) is 22.6. The number of carbonyl (C=O) groups is 1. The molecule has 2 aromatic rings. The minimum absolute atomic E-state index is 0.0818. The van der Waals surface area contributed by atoms with E-state index in [-0.39, 0.29) is 11.6 Å². The van der Waals surface area contributed by atoms with Gasteiger partial charge in [0, 0.05) is 17.4 Å². The third-order valence-electron chi connectivity index (χ3n) is 2.78. The fourth-order valence-electron chi connectivity index (χ4n) is 1.78. The van der Waals surface area contributed by atoms with E-state index in [0.717, 1.165) is 5.56 Å². The average molecular weight is 303 g/mol. The van der Waals surface area contributed by atoms with E-state index in [1.807, 2.05) is 6.07 Å². The van der Waals surface area contributed by atoms with Gasteiger partial charge in [-0.05, 0) is 23.8 Å². The highest BCUT2D eigenvalue weighted by Gasteiger charge is 2.13. The van der Waals surface area contributed by atoms with E-state index in [2.05, 4.69) is 5.43 Å². The number of para-hydroxylation sites is 1. The minimum atomic E-state index is -0.402. The van der Waals surface area contributed by atoms with Crippen molar-refractivity contribution >= 4 is 23.4 Å². The van der Waals surface area contributed by atoms with Gasteiger partial charge < -0.3 is 0 Å². The van der Waals surface area contributed by atoms with Crippen molar-refractivity contribution in [1.82, 2.24) is 5.43 Å². The molecule has 108 valence electrons. The van der Waals surface area contributed by atoms with Gasteiger partial charge >= 0.3 is 0 Å². The zero-order valence-corrected chi connectivity index (χ0v) is 11.8. The Morgan fingerprint density at radius 2 is 2.00 bits per heavy atom. The molecular formula is C14H13N3O3S. The summed E-state index contributed by atoms with van der Waals surface area (Å²) < 4.78 is 0. The van der Waals surface area contributed by atoms with Gasteiger partial charge in [-0.2, -0.15) is 0 Å². The predicted octanol–water partition coefficient (Wildman–Crippen LogP) is 2.49. The first kappa shape index (κ1) is 15.0. The number of carbonyl (C=O) groups excluding carboxylic acids is 1. The van der Waals surface area contributed by atoms with Gasteiger partial charge in [0.15, 0.2) is 0 Å². The van der Waals surface area contributed by atoms with Crippen LogP contribution < -0.4 is 11.3 Å². The van der Waals surface area contributed by atoms with Crippen LogP contribution in [-0.4, -0.2) is 10.8 Å². The minimum Gasteiger partial charge on any atom is -0.290 e. The fraction of sp³-hybridized carbons (Fsp3) is 0.0714. The molecule has 0 aliphatic heterocycles. The molecule has 0 unspecified atom stereocenters. The Hall–Kier alpha value is -2.38. The molecule has 0 fully saturated rings. The van der Waals surface area contributed by atoms with Crippen LogP contribution in [-0.2, 0) is 5.75 Å². The van der Waals surface area contributed by atoms with Gasteiger partial charge in [-0.1, -0.05) is 24.3 Å². The summed E-state index contributed by atoms with van der Waals surface area (Å²) in [7, 11) is 0. The SMILES string of the molecule is NNC(=O)c1cccc(CSc2ccccc2[N+](=O)[O-])c1. The lowest BCUT2D eigenvalue weighted by Crippen LogP contribution is -2.29. The first-order valence-electron chi connectivity index (χ1n) is 6.08. The summed E-state index contributed by atoms with van der Waals surface area (Å²) in [6.07, 6.45) is 0. The molecule has 0 aliphatic carbocycles. The number of nitrogen functional groups attached to an aromatic ring is 1. The van der Waals surface area contributed by atoms with Crippen LogP contribution in [0.25, 0.3) is 0 Å². The third kappa shape index (κ3) is 3.80. The van der Waals surface area contributed by atoms with E-state index in [1.165, 1.54) is 17.8 Å². The number of amides is 1. The molecular weight excluding hydrogens is 290 g/mol. The van der Waals surface area contributed by atoms with Crippen molar-refractivity contribution in [3.05, 3.63) is 69.8 Å². The molecule has 0 aliphatic rings. The van der Waals surface area contributed by atoms with Crippen molar-refractivity contribution in [2.45, 2.75) is 10.6 Å². The van der Waals surface area contributed by atoms with Crippen LogP contribution in [0.5, 0.6) is 0 Å². The topological polar surface area (TPSA) is 98.3 Å². The number of nitrogens with two attached hydrogens (primary N) is 1. The van der Waals surface area contributed by atoms with Crippen molar-refractivity contribution in [3.8, 4) is 0 Å². The zero-order valence-electron chi connectivity index (χ0n) is 11.0. The van der Waals surface area contributed by atoms with Crippen molar-refractivity contribution < 1.29 is 9.72 Å². The first-order chi connectivity index (χ1) is 10.1. The van der Waals surface area contributed by atoms with Crippen LogP contribution in [0.2, 0.25) is 0 Å². The van der Waals surface area contributed by atoms with Crippen LogP contribution in [0.15, 0.2) is 53.4 Å². The summed E-state index contributed by atoms with van der Waals surface area (Å²) in [5.74, 6) is 5.25. The quantitative estimate of drug-likeness (QED) is 0.291. The Kier molecular flexibility index (Phi) is 4.91. The van der Waals surface area contributed by atoms with Gasteiger partial charge in [-0.3, -0.25) is 20.3 Å². The summed E-state index contributed by atoms with van der Waals surface area (Å²) >= 11 is 1.35. The molecule has 7 heteroatoms. The van der Waals surface area contributed by atoms with E-state index >= 15 is 0 Å². The van der Waals surface area contributed by atoms with E-state index < -0.39 is 4.92 Å². The summed E-state index contributed by atoms with van der Waals surface area (Å²) in [6, 6.07) is 13.5. The smallest absolute Gasteiger partial charge is 0.282 e. The molecule has 1 amide bonds. The molecule has 0 spiro atoms. The Bertz CT molecular complexity index is 676. The van der Waals surface area contributed by atoms with Gasteiger partial charge in [-0.15, -0.1) is 11.8 Å². The Balaban J connectivity index is 2.14. The van der Waals surface area contributed by atoms with E-state index in [9.17, 15) is 14.9 Å². The van der Waals surface area contributed by atoms with Gasteiger partial charge in [0.2, 0.25) is 0 Å². The number of rotatable bonds is 5. The lowest BCUT2D eigenvalue weighted by atomic mass is 10.1. The van der Waals surface area contributed by atoms with Gasteiger partial charge in [-0.25, -0.2) is 5.84 Å². The normalized spacial score (nSPS) is 10.1. The maximum Gasteiger partial charge on any atom is 0.282 e. The second-order valence-corrected chi connectivity index (χ2v) is 5.20.